The van der Waals surface area contributed by atoms with Gasteiger partial charge in [-0.15, -0.1) is 0 Å². The van der Waals surface area contributed by atoms with E-state index in [-0.39, 0.29) is 5.97 Å². The fourth-order valence-electron chi connectivity index (χ4n) is 3.87. The van der Waals surface area contributed by atoms with Crippen LogP contribution in [0.5, 0.6) is 0 Å². The lowest BCUT2D eigenvalue weighted by Crippen LogP contribution is -2.59. The maximum absolute atomic E-state index is 12.3. The van der Waals surface area contributed by atoms with Gasteiger partial charge >= 0.3 is 5.97 Å². The Morgan fingerprint density at radius 3 is 2.10 bits per heavy atom. The molecule has 4 nitrogen and oxygen atoms in total. The number of ether oxygens (including phenoxy) is 1. The van der Waals surface area contributed by atoms with Crippen molar-refractivity contribution in [3.8, 4) is 0 Å². The number of carbonyl (C=O) groups is 1. The van der Waals surface area contributed by atoms with Gasteiger partial charge in [-0.1, -0.05) is 6.92 Å². The molecule has 0 heterocycles. The van der Waals surface area contributed by atoms with Crippen LogP contribution in [0, 0.1) is 5.41 Å². The van der Waals surface area contributed by atoms with Gasteiger partial charge in [-0.3, -0.25) is 4.79 Å². The van der Waals surface area contributed by atoms with Gasteiger partial charge in [0.2, 0.25) is 0 Å². The molecule has 2 fully saturated rings. The number of aliphatic hydroxyl groups is 2. The number of hydrogen-bond acceptors (Lipinski definition) is 4. The molecule has 0 aromatic rings. The van der Waals surface area contributed by atoms with Gasteiger partial charge in [-0.05, 0) is 46.5 Å². The molecule has 116 valence electrons. The number of hydrogen-bond donors (Lipinski definition) is 2. The number of fused-ring (bicyclic) bond motifs is 2. The van der Waals surface area contributed by atoms with Crippen molar-refractivity contribution in [3.63, 3.8) is 0 Å². The SMILES string of the molecule is CCC(C)(C)C(=O)OC1(C)CC2(O)CCCC(O)(C2)C1. The molecule has 0 aliphatic heterocycles. The van der Waals surface area contributed by atoms with Crippen LogP contribution in [0.2, 0.25) is 0 Å². The lowest BCUT2D eigenvalue weighted by Gasteiger charge is -2.53. The molecule has 20 heavy (non-hydrogen) atoms. The average Bonchev–Trinajstić information content (AvgIpc) is 2.24. The lowest BCUT2D eigenvalue weighted by atomic mass is 9.61. The second-order valence-electron chi connectivity index (χ2n) is 7.91. The summed E-state index contributed by atoms with van der Waals surface area (Å²) in [5, 5.41) is 21.2. The van der Waals surface area contributed by atoms with Gasteiger partial charge in [0.05, 0.1) is 16.6 Å². The van der Waals surface area contributed by atoms with E-state index in [4.69, 9.17) is 4.74 Å². The first-order valence-corrected chi connectivity index (χ1v) is 7.70. The Bertz CT molecular complexity index is 385. The molecule has 2 aliphatic carbocycles. The zero-order chi connectivity index (χ0) is 15.2. The van der Waals surface area contributed by atoms with Gasteiger partial charge in [-0.25, -0.2) is 0 Å². The van der Waals surface area contributed by atoms with Crippen LogP contribution in [0.25, 0.3) is 0 Å². The molecule has 2 unspecified atom stereocenters. The first kappa shape index (κ1) is 15.8. The van der Waals surface area contributed by atoms with Crippen molar-refractivity contribution in [1.29, 1.82) is 0 Å². The molecule has 0 saturated heterocycles. The topological polar surface area (TPSA) is 66.8 Å². The molecule has 0 amide bonds. The zero-order valence-electron chi connectivity index (χ0n) is 13.2. The summed E-state index contributed by atoms with van der Waals surface area (Å²) >= 11 is 0. The van der Waals surface area contributed by atoms with Gasteiger partial charge in [-0.2, -0.15) is 0 Å². The van der Waals surface area contributed by atoms with Gasteiger partial charge in [0.1, 0.15) is 5.60 Å². The molecule has 0 spiro atoms. The monoisotopic (exact) mass is 284 g/mol. The van der Waals surface area contributed by atoms with Crippen molar-refractivity contribution in [1.82, 2.24) is 0 Å². The van der Waals surface area contributed by atoms with Crippen LogP contribution in [0.4, 0.5) is 0 Å². The summed E-state index contributed by atoms with van der Waals surface area (Å²) in [6.07, 6.45) is 4.15. The normalized spacial score (nSPS) is 41.3. The number of rotatable bonds is 3. The fourth-order valence-corrected chi connectivity index (χ4v) is 3.87. The molecular weight excluding hydrogens is 256 g/mol. The predicted octanol–water partition coefficient (Wildman–Crippen LogP) is 2.55. The van der Waals surface area contributed by atoms with Crippen molar-refractivity contribution < 1.29 is 19.7 Å². The fraction of sp³-hybridized carbons (Fsp3) is 0.938. The minimum absolute atomic E-state index is 0.241. The minimum Gasteiger partial charge on any atom is -0.459 e. The van der Waals surface area contributed by atoms with Crippen molar-refractivity contribution in [3.05, 3.63) is 0 Å². The van der Waals surface area contributed by atoms with E-state index in [1.165, 1.54) is 0 Å². The summed E-state index contributed by atoms with van der Waals surface area (Å²) in [6.45, 7) is 7.54. The van der Waals surface area contributed by atoms with Crippen LogP contribution < -0.4 is 0 Å². The molecule has 4 heteroatoms. The third kappa shape index (κ3) is 3.01. The predicted molar refractivity (Wildman–Crippen MR) is 76.2 cm³/mol. The minimum atomic E-state index is -0.892. The van der Waals surface area contributed by atoms with E-state index in [0.717, 1.165) is 6.42 Å². The van der Waals surface area contributed by atoms with Crippen LogP contribution in [0.15, 0.2) is 0 Å². The van der Waals surface area contributed by atoms with Crippen LogP contribution in [0.3, 0.4) is 0 Å². The van der Waals surface area contributed by atoms with Gasteiger partial charge in [0.25, 0.3) is 0 Å². The molecule has 2 atom stereocenters. The standard InChI is InChI=1S/C16H28O4/c1-5-13(2,3)12(17)20-14(4)9-15(18)7-6-8-16(19,10-14)11-15/h18-19H,5-11H2,1-4H3. The van der Waals surface area contributed by atoms with Gasteiger partial charge in [0.15, 0.2) is 0 Å². The third-order valence-corrected chi connectivity index (χ3v) is 5.12. The molecule has 0 radical (unpaired) electrons. The van der Waals surface area contributed by atoms with E-state index < -0.39 is 22.2 Å². The Morgan fingerprint density at radius 1 is 1.15 bits per heavy atom. The highest BCUT2D eigenvalue weighted by atomic mass is 16.6. The lowest BCUT2D eigenvalue weighted by molar-refractivity contribution is -0.217. The average molecular weight is 284 g/mol. The first-order valence-electron chi connectivity index (χ1n) is 7.70. The van der Waals surface area contributed by atoms with E-state index in [0.29, 0.717) is 38.5 Å². The third-order valence-electron chi connectivity index (χ3n) is 5.12. The highest BCUT2D eigenvalue weighted by molar-refractivity contribution is 5.76. The molecule has 0 aromatic heterocycles. The molecule has 2 N–H and O–H groups in total. The molecule has 2 rings (SSSR count). The molecular formula is C16H28O4. The van der Waals surface area contributed by atoms with E-state index in [2.05, 4.69) is 0 Å². The van der Waals surface area contributed by atoms with Crippen LogP contribution in [-0.4, -0.2) is 33.0 Å². The molecule has 0 aromatic carbocycles. The Hall–Kier alpha value is -0.610. The maximum Gasteiger partial charge on any atom is 0.312 e. The van der Waals surface area contributed by atoms with Crippen molar-refractivity contribution in [2.75, 3.05) is 0 Å². The van der Waals surface area contributed by atoms with E-state index in [9.17, 15) is 15.0 Å². The smallest absolute Gasteiger partial charge is 0.312 e. The first-order chi connectivity index (χ1) is 9.02. The number of carbonyl (C=O) groups excluding carboxylic acids is 1. The van der Waals surface area contributed by atoms with Crippen molar-refractivity contribution in [2.24, 2.45) is 5.41 Å². The highest BCUT2D eigenvalue weighted by Gasteiger charge is 2.56. The summed E-state index contributed by atoms with van der Waals surface area (Å²) < 4.78 is 5.74. The zero-order valence-corrected chi connectivity index (χ0v) is 13.2. The van der Waals surface area contributed by atoms with Crippen LogP contribution >= 0.6 is 0 Å². The van der Waals surface area contributed by atoms with E-state index >= 15 is 0 Å². The quantitative estimate of drug-likeness (QED) is 0.782. The van der Waals surface area contributed by atoms with Gasteiger partial charge in [0, 0.05) is 19.3 Å². The summed E-state index contributed by atoms with van der Waals surface area (Å²) in [4.78, 5) is 12.3. The maximum atomic E-state index is 12.3. The molecule has 2 aliphatic rings. The largest absolute Gasteiger partial charge is 0.459 e. The molecule has 2 bridgehead atoms. The summed E-state index contributed by atoms with van der Waals surface area (Å²) in [6, 6.07) is 0. The summed E-state index contributed by atoms with van der Waals surface area (Å²) in [5.74, 6) is -0.241. The van der Waals surface area contributed by atoms with E-state index in [1.807, 2.05) is 27.7 Å². The van der Waals surface area contributed by atoms with Crippen molar-refractivity contribution in [2.45, 2.75) is 89.4 Å². The van der Waals surface area contributed by atoms with Crippen LogP contribution in [0.1, 0.15) is 72.6 Å². The van der Waals surface area contributed by atoms with Crippen LogP contribution in [-0.2, 0) is 9.53 Å². The molecule has 2 saturated carbocycles. The Kier molecular flexibility index (Phi) is 3.71. The van der Waals surface area contributed by atoms with Gasteiger partial charge < -0.3 is 14.9 Å². The highest BCUT2D eigenvalue weighted by Crippen LogP contribution is 2.50. The summed E-state index contributed by atoms with van der Waals surface area (Å²) in [5.41, 5.74) is -3.08. The van der Waals surface area contributed by atoms with Crippen molar-refractivity contribution >= 4 is 5.97 Å². The number of esters is 1. The second kappa shape index (κ2) is 4.70. The Balaban J connectivity index is 2.17. The Morgan fingerprint density at radius 2 is 1.65 bits per heavy atom. The summed E-state index contributed by atoms with van der Waals surface area (Å²) in [7, 11) is 0. The van der Waals surface area contributed by atoms with E-state index in [1.54, 1.807) is 0 Å². The Labute approximate surface area is 121 Å². The second-order valence-corrected chi connectivity index (χ2v) is 7.91.